The number of rotatable bonds is 3. The number of hydrogen-bond donors (Lipinski definition) is 1. The molecule has 0 saturated heterocycles. The molecular weight excluding hydrogens is 250 g/mol. The summed E-state index contributed by atoms with van der Waals surface area (Å²) in [6.45, 7) is 8.37. The first-order valence-corrected chi connectivity index (χ1v) is 7.31. The van der Waals surface area contributed by atoms with Crippen LogP contribution >= 0.6 is 0 Å². The molecule has 1 aliphatic rings. The zero-order chi connectivity index (χ0) is 14.3. The van der Waals surface area contributed by atoms with Crippen LogP contribution in [0.15, 0.2) is 24.5 Å². The number of aliphatic hydroxyl groups excluding tert-OH is 1. The average molecular weight is 273 g/mol. The predicted molar refractivity (Wildman–Crippen MR) is 78.5 cm³/mol. The smallest absolute Gasteiger partial charge is 0.0812 e. The van der Waals surface area contributed by atoms with Crippen molar-refractivity contribution in [3.05, 3.63) is 41.5 Å². The van der Waals surface area contributed by atoms with Gasteiger partial charge < -0.3 is 9.67 Å². The Hall–Kier alpha value is -1.55. The maximum absolute atomic E-state index is 10.4. The van der Waals surface area contributed by atoms with Crippen LogP contribution in [0.2, 0.25) is 0 Å². The summed E-state index contributed by atoms with van der Waals surface area (Å²) in [5.41, 5.74) is 3.83. The third-order valence-electron chi connectivity index (χ3n) is 4.31. The standard InChI is InChI=1S/C16H23N3O/c1-12-9-13-14(10-16(2,3)11-15(13)20)19(12)8-7-18-6-4-5-17-18/h4-6,9,15,20H,7-8,10-11H2,1-3H3. The first kappa shape index (κ1) is 13.4. The monoisotopic (exact) mass is 273 g/mol. The molecule has 4 heteroatoms. The molecule has 0 aromatic carbocycles. The molecule has 0 aliphatic heterocycles. The molecule has 1 atom stereocenters. The fraction of sp³-hybridized carbons (Fsp3) is 0.562. The summed E-state index contributed by atoms with van der Waals surface area (Å²) in [5, 5.41) is 14.6. The first-order valence-electron chi connectivity index (χ1n) is 7.31. The summed E-state index contributed by atoms with van der Waals surface area (Å²) < 4.78 is 4.30. The van der Waals surface area contributed by atoms with Gasteiger partial charge in [-0.15, -0.1) is 0 Å². The van der Waals surface area contributed by atoms with E-state index in [0.29, 0.717) is 0 Å². The van der Waals surface area contributed by atoms with Gasteiger partial charge >= 0.3 is 0 Å². The van der Waals surface area contributed by atoms with Gasteiger partial charge in [0.25, 0.3) is 0 Å². The fourth-order valence-corrected chi connectivity index (χ4v) is 3.35. The van der Waals surface area contributed by atoms with Gasteiger partial charge in [-0.1, -0.05) is 13.8 Å². The molecule has 1 aliphatic carbocycles. The molecule has 0 bridgehead atoms. The summed E-state index contributed by atoms with van der Waals surface area (Å²) in [6.07, 6.45) is 5.36. The molecule has 1 unspecified atom stereocenters. The molecule has 20 heavy (non-hydrogen) atoms. The molecule has 3 rings (SSSR count). The van der Waals surface area contributed by atoms with Crippen molar-refractivity contribution in [3.8, 4) is 0 Å². The van der Waals surface area contributed by atoms with Gasteiger partial charge in [0.05, 0.1) is 12.6 Å². The van der Waals surface area contributed by atoms with Gasteiger partial charge in [0.15, 0.2) is 0 Å². The molecule has 0 spiro atoms. The summed E-state index contributed by atoms with van der Waals surface area (Å²) in [6, 6.07) is 4.10. The van der Waals surface area contributed by atoms with E-state index in [1.54, 1.807) is 0 Å². The molecule has 0 radical (unpaired) electrons. The quantitative estimate of drug-likeness (QED) is 0.934. The van der Waals surface area contributed by atoms with Gasteiger partial charge in [0.2, 0.25) is 0 Å². The van der Waals surface area contributed by atoms with Crippen LogP contribution in [0.1, 0.15) is 43.3 Å². The molecule has 108 valence electrons. The van der Waals surface area contributed by atoms with Crippen LogP contribution < -0.4 is 0 Å². The van der Waals surface area contributed by atoms with Gasteiger partial charge in [-0.05, 0) is 37.3 Å². The Morgan fingerprint density at radius 1 is 1.40 bits per heavy atom. The predicted octanol–water partition coefficient (Wildman–Crippen LogP) is 2.70. The van der Waals surface area contributed by atoms with Gasteiger partial charge in [-0.25, -0.2) is 0 Å². The number of nitrogens with zero attached hydrogens (tertiary/aromatic N) is 3. The van der Waals surface area contributed by atoms with E-state index in [0.717, 1.165) is 31.5 Å². The Balaban J connectivity index is 1.88. The zero-order valence-corrected chi connectivity index (χ0v) is 12.5. The van der Waals surface area contributed by atoms with Crippen LogP contribution in [0.3, 0.4) is 0 Å². The van der Waals surface area contributed by atoms with Crippen molar-refractivity contribution in [2.24, 2.45) is 5.41 Å². The second kappa shape index (κ2) is 4.77. The molecule has 4 nitrogen and oxygen atoms in total. The van der Waals surface area contributed by atoms with E-state index in [9.17, 15) is 5.11 Å². The lowest BCUT2D eigenvalue weighted by Crippen LogP contribution is -2.27. The van der Waals surface area contributed by atoms with Gasteiger partial charge in [-0.3, -0.25) is 4.68 Å². The number of aromatic nitrogens is 3. The van der Waals surface area contributed by atoms with Crippen molar-refractivity contribution in [2.75, 3.05) is 0 Å². The highest BCUT2D eigenvalue weighted by Crippen LogP contribution is 2.41. The van der Waals surface area contributed by atoms with Crippen molar-refractivity contribution in [1.29, 1.82) is 0 Å². The van der Waals surface area contributed by atoms with E-state index < -0.39 is 0 Å². The number of aliphatic hydroxyl groups is 1. The van der Waals surface area contributed by atoms with E-state index in [2.05, 4.69) is 36.5 Å². The SMILES string of the molecule is Cc1cc2c(n1CCn1cccn1)CC(C)(C)CC2O. The van der Waals surface area contributed by atoms with Crippen LogP contribution in [0.5, 0.6) is 0 Å². The van der Waals surface area contributed by atoms with Crippen LogP contribution in [-0.4, -0.2) is 19.5 Å². The van der Waals surface area contributed by atoms with Gasteiger partial charge in [-0.2, -0.15) is 5.10 Å². The van der Waals surface area contributed by atoms with Crippen LogP contribution in [-0.2, 0) is 19.5 Å². The van der Waals surface area contributed by atoms with Crippen LogP contribution in [0.4, 0.5) is 0 Å². The molecule has 0 fully saturated rings. The summed E-state index contributed by atoms with van der Waals surface area (Å²) in [7, 11) is 0. The number of hydrogen-bond acceptors (Lipinski definition) is 2. The Kier molecular flexibility index (Phi) is 3.21. The molecular formula is C16H23N3O. The van der Waals surface area contributed by atoms with Crippen molar-refractivity contribution < 1.29 is 5.11 Å². The highest BCUT2D eigenvalue weighted by atomic mass is 16.3. The highest BCUT2D eigenvalue weighted by molar-refractivity contribution is 5.33. The number of fused-ring (bicyclic) bond motifs is 1. The number of aryl methyl sites for hydroxylation is 2. The van der Waals surface area contributed by atoms with Crippen LogP contribution in [0.25, 0.3) is 0 Å². The molecule has 2 heterocycles. The summed E-state index contributed by atoms with van der Waals surface area (Å²) in [5.74, 6) is 0. The molecule has 0 saturated carbocycles. The average Bonchev–Trinajstić information content (AvgIpc) is 2.94. The van der Waals surface area contributed by atoms with Crippen molar-refractivity contribution in [1.82, 2.24) is 14.3 Å². The summed E-state index contributed by atoms with van der Waals surface area (Å²) in [4.78, 5) is 0. The fourth-order valence-electron chi connectivity index (χ4n) is 3.35. The minimum atomic E-state index is -0.321. The lowest BCUT2D eigenvalue weighted by Gasteiger charge is -2.34. The highest BCUT2D eigenvalue weighted by Gasteiger charge is 2.33. The Morgan fingerprint density at radius 3 is 2.90 bits per heavy atom. The third kappa shape index (κ3) is 2.40. The zero-order valence-electron chi connectivity index (χ0n) is 12.5. The Morgan fingerprint density at radius 2 is 2.20 bits per heavy atom. The Labute approximate surface area is 120 Å². The third-order valence-corrected chi connectivity index (χ3v) is 4.31. The van der Waals surface area contributed by atoms with Crippen molar-refractivity contribution in [2.45, 2.75) is 52.8 Å². The van der Waals surface area contributed by atoms with E-state index in [4.69, 9.17) is 0 Å². The van der Waals surface area contributed by atoms with E-state index in [1.807, 2.05) is 23.1 Å². The van der Waals surface area contributed by atoms with E-state index in [-0.39, 0.29) is 11.5 Å². The maximum atomic E-state index is 10.4. The van der Waals surface area contributed by atoms with Gasteiger partial charge in [0.1, 0.15) is 0 Å². The van der Waals surface area contributed by atoms with E-state index in [1.165, 1.54) is 11.4 Å². The van der Waals surface area contributed by atoms with Crippen LogP contribution in [0, 0.1) is 12.3 Å². The topological polar surface area (TPSA) is 43.0 Å². The normalized spacial score (nSPS) is 20.9. The summed E-state index contributed by atoms with van der Waals surface area (Å²) >= 11 is 0. The maximum Gasteiger partial charge on any atom is 0.0812 e. The second-order valence-corrected chi connectivity index (χ2v) is 6.67. The lowest BCUT2D eigenvalue weighted by molar-refractivity contribution is 0.0978. The van der Waals surface area contributed by atoms with Crippen molar-refractivity contribution in [3.63, 3.8) is 0 Å². The molecule has 2 aromatic rings. The second-order valence-electron chi connectivity index (χ2n) is 6.67. The minimum absolute atomic E-state index is 0.167. The molecule has 0 amide bonds. The minimum Gasteiger partial charge on any atom is -0.388 e. The van der Waals surface area contributed by atoms with E-state index >= 15 is 0 Å². The molecule has 2 aromatic heterocycles. The van der Waals surface area contributed by atoms with Crippen molar-refractivity contribution >= 4 is 0 Å². The molecule has 1 N–H and O–H groups in total. The Bertz CT molecular complexity index is 596. The lowest BCUT2D eigenvalue weighted by atomic mass is 9.75. The first-order chi connectivity index (χ1) is 9.46. The largest absolute Gasteiger partial charge is 0.388 e. The van der Waals surface area contributed by atoms with Gasteiger partial charge in [0, 0.05) is 35.9 Å².